The first-order valence-electron chi connectivity index (χ1n) is 9.01. The van der Waals surface area contributed by atoms with Gasteiger partial charge in [0.2, 0.25) is 0 Å². The van der Waals surface area contributed by atoms with Gasteiger partial charge in [-0.15, -0.1) is 0 Å². The van der Waals surface area contributed by atoms with Crippen LogP contribution < -0.4 is 10.1 Å². The number of nitrogens with zero attached hydrogens (tertiary/aromatic N) is 2. The van der Waals surface area contributed by atoms with E-state index < -0.39 is 10.8 Å². The molecule has 8 nitrogen and oxygen atoms in total. The van der Waals surface area contributed by atoms with Crippen LogP contribution in [-0.4, -0.2) is 17.4 Å². The van der Waals surface area contributed by atoms with Gasteiger partial charge in [-0.25, -0.2) is 0 Å². The lowest BCUT2D eigenvalue weighted by Crippen LogP contribution is -2.13. The van der Waals surface area contributed by atoms with Gasteiger partial charge in [-0.1, -0.05) is 12.1 Å². The number of nitro groups is 1. The van der Waals surface area contributed by atoms with Crippen LogP contribution in [0.3, 0.4) is 0 Å². The summed E-state index contributed by atoms with van der Waals surface area (Å²) in [5.74, 6) is 0.745. The first-order chi connectivity index (χ1) is 14.5. The molecule has 0 aliphatic carbocycles. The Morgan fingerprint density at radius 3 is 2.67 bits per heavy atom. The SMILES string of the molecule is CCOc1ccc(NC(=O)C(C#N)=Cc2ccc(-c3cccc([N+](=O)[O-])c3)o2)cc1. The molecule has 0 spiro atoms. The number of hydrogen-bond acceptors (Lipinski definition) is 6. The normalized spacial score (nSPS) is 10.9. The molecule has 1 aromatic heterocycles. The number of ether oxygens (including phenoxy) is 1. The number of non-ortho nitro benzene ring substituents is 1. The number of hydrogen-bond donors (Lipinski definition) is 1. The van der Waals surface area contributed by atoms with Gasteiger partial charge < -0.3 is 14.5 Å². The Bertz CT molecular complexity index is 1140. The smallest absolute Gasteiger partial charge is 0.270 e. The number of rotatable bonds is 7. The van der Waals surface area contributed by atoms with Gasteiger partial charge >= 0.3 is 0 Å². The molecule has 0 saturated heterocycles. The molecular weight excluding hydrogens is 386 g/mol. The highest BCUT2D eigenvalue weighted by Gasteiger charge is 2.13. The van der Waals surface area contributed by atoms with Gasteiger partial charge in [0.1, 0.15) is 28.9 Å². The second kappa shape index (κ2) is 9.21. The molecule has 1 heterocycles. The van der Waals surface area contributed by atoms with Crippen LogP contribution in [0.2, 0.25) is 0 Å². The molecule has 0 atom stereocenters. The van der Waals surface area contributed by atoms with Gasteiger partial charge in [0, 0.05) is 29.5 Å². The van der Waals surface area contributed by atoms with E-state index in [4.69, 9.17) is 9.15 Å². The van der Waals surface area contributed by atoms with E-state index in [0.29, 0.717) is 29.4 Å². The van der Waals surface area contributed by atoms with E-state index in [-0.39, 0.29) is 17.0 Å². The van der Waals surface area contributed by atoms with E-state index in [1.807, 2.05) is 13.0 Å². The van der Waals surface area contributed by atoms with E-state index in [2.05, 4.69) is 5.32 Å². The number of nitro benzene ring substituents is 1. The minimum absolute atomic E-state index is 0.0616. The maximum Gasteiger partial charge on any atom is 0.270 e. The molecule has 0 fully saturated rings. The van der Waals surface area contributed by atoms with Crippen LogP contribution in [0.4, 0.5) is 11.4 Å². The summed E-state index contributed by atoms with van der Waals surface area (Å²) in [7, 11) is 0. The lowest BCUT2D eigenvalue weighted by Gasteiger charge is -2.06. The van der Waals surface area contributed by atoms with Gasteiger partial charge in [-0.05, 0) is 43.3 Å². The highest BCUT2D eigenvalue weighted by molar-refractivity contribution is 6.09. The first kappa shape index (κ1) is 20.4. The molecule has 0 unspecified atom stereocenters. The van der Waals surface area contributed by atoms with E-state index in [1.54, 1.807) is 48.5 Å². The number of amides is 1. The minimum Gasteiger partial charge on any atom is -0.494 e. The lowest BCUT2D eigenvalue weighted by atomic mass is 10.1. The van der Waals surface area contributed by atoms with Crippen molar-refractivity contribution in [1.82, 2.24) is 0 Å². The maximum atomic E-state index is 12.4. The Kier molecular flexibility index (Phi) is 6.25. The molecule has 0 radical (unpaired) electrons. The molecule has 0 saturated carbocycles. The highest BCUT2D eigenvalue weighted by Crippen LogP contribution is 2.26. The standard InChI is InChI=1S/C22H17N3O5/c1-2-29-19-8-6-17(7-9-19)24-22(26)16(14-23)13-20-10-11-21(30-20)15-4-3-5-18(12-15)25(27)28/h3-13H,2H2,1H3,(H,24,26). The molecule has 1 N–H and O–H groups in total. The predicted octanol–water partition coefficient (Wildman–Crippen LogP) is 4.80. The summed E-state index contributed by atoms with van der Waals surface area (Å²) in [6.07, 6.45) is 1.31. The summed E-state index contributed by atoms with van der Waals surface area (Å²) in [4.78, 5) is 22.8. The zero-order valence-corrected chi connectivity index (χ0v) is 16.0. The third-order valence-electron chi connectivity index (χ3n) is 4.04. The van der Waals surface area contributed by atoms with Crippen molar-refractivity contribution in [1.29, 1.82) is 5.26 Å². The van der Waals surface area contributed by atoms with E-state index in [1.165, 1.54) is 18.2 Å². The van der Waals surface area contributed by atoms with Crippen molar-refractivity contribution in [2.45, 2.75) is 6.92 Å². The molecule has 3 aromatic rings. The number of carbonyl (C=O) groups excluding carboxylic acids is 1. The fourth-order valence-corrected chi connectivity index (χ4v) is 2.65. The quantitative estimate of drug-likeness (QED) is 0.262. The monoisotopic (exact) mass is 403 g/mol. The molecule has 8 heteroatoms. The summed E-state index contributed by atoms with van der Waals surface area (Å²) in [5.41, 5.74) is 0.819. The van der Waals surface area contributed by atoms with Gasteiger partial charge in [0.15, 0.2) is 0 Å². The Morgan fingerprint density at radius 1 is 1.23 bits per heavy atom. The fourth-order valence-electron chi connectivity index (χ4n) is 2.65. The average molecular weight is 403 g/mol. The van der Waals surface area contributed by atoms with Crippen molar-refractivity contribution in [3.05, 3.63) is 82.1 Å². The topological polar surface area (TPSA) is 118 Å². The predicted molar refractivity (Wildman–Crippen MR) is 111 cm³/mol. The number of benzene rings is 2. The van der Waals surface area contributed by atoms with Crippen LogP contribution in [-0.2, 0) is 4.79 Å². The van der Waals surface area contributed by atoms with E-state index in [9.17, 15) is 20.2 Å². The Labute approximate surface area is 172 Å². The van der Waals surface area contributed by atoms with Crippen molar-refractivity contribution in [3.63, 3.8) is 0 Å². The van der Waals surface area contributed by atoms with E-state index >= 15 is 0 Å². The van der Waals surface area contributed by atoms with Crippen molar-refractivity contribution in [3.8, 4) is 23.1 Å². The minimum atomic E-state index is -0.588. The van der Waals surface area contributed by atoms with Crippen LogP contribution in [0.25, 0.3) is 17.4 Å². The number of nitrogens with one attached hydrogen (secondary N) is 1. The average Bonchev–Trinajstić information content (AvgIpc) is 3.22. The molecular formula is C22H17N3O5. The zero-order valence-electron chi connectivity index (χ0n) is 16.0. The van der Waals surface area contributed by atoms with Crippen molar-refractivity contribution >= 4 is 23.4 Å². The van der Waals surface area contributed by atoms with Gasteiger partial charge in [-0.2, -0.15) is 5.26 Å². The van der Waals surface area contributed by atoms with Gasteiger partial charge in [0.05, 0.1) is 11.5 Å². The van der Waals surface area contributed by atoms with Crippen LogP contribution in [0.1, 0.15) is 12.7 Å². The van der Waals surface area contributed by atoms with Gasteiger partial charge in [-0.3, -0.25) is 14.9 Å². The molecule has 30 heavy (non-hydrogen) atoms. The number of carbonyl (C=O) groups is 1. The molecule has 0 aliphatic rings. The molecule has 2 aromatic carbocycles. The fraction of sp³-hybridized carbons (Fsp3) is 0.0909. The van der Waals surface area contributed by atoms with Crippen LogP contribution in [0.5, 0.6) is 5.75 Å². The van der Waals surface area contributed by atoms with Crippen molar-refractivity contribution in [2.24, 2.45) is 0 Å². The summed E-state index contributed by atoms with van der Waals surface area (Å²) < 4.78 is 11.0. The molecule has 1 amide bonds. The maximum absolute atomic E-state index is 12.4. The Balaban J connectivity index is 1.76. The van der Waals surface area contributed by atoms with Crippen molar-refractivity contribution in [2.75, 3.05) is 11.9 Å². The summed E-state index contributed by atoms with van der Waals surface area (Å²) in [5, 5.41) is 22.9. The molecule has 150 valence electrons. The number of anilines is 1. The molecule has 0 aliphatic heterocycles. The van der Waals surface area contributed by atoms with Crippen LogP contribution >= 0.6 is 0 Å². The molecule has 3 rings (SSSR count). The molecule has 0 bridgehead atoms. The third-order valence-corrected chi connectivity index (χ3v) is 4.04. The largest absolute Gasteiger partial charge is 0.494 e. The summed E-state index contributed by atoms with van der Waals surface area (Å²) in [6, 6.07) is 17.8. The number of nitriles is 1. The van der Waals surface area contributed by atoms with Crippen molar-refractivity contribution < 1.29 is 18.9 Å². The van der Waals surface area contributed by atoms with Gasteiger partial charge in [0.25, 0.3) is 11.6 Å². The number of furan rings is 1. The Morgan fingerprint density at radius 2 is 2.00 bits per heavy atom. The second-order valence-electron chi connectivity index (χ2n) is 6.09. The van der Waals surface area contributed by atoms with Crippen LogP contribution in [0, 0.1) is 21.4 Å². The summed E-state index contributed by atoms with van der Waals surface area (Å²) >= 11 is 0. The summed E-state index contributed by atoms with van der Waals surface area (Å²) in [6.45, 7) is 2.41. The highest BCUT2D eigenvalue weighted by atomic mass is 16.6. The lowest BCUT2D eigenvalue weighted by molar-refractivity contribution is -0.384. The Hall–Kier alpha value is -4.38. The van der Waals surface area contributed by atoms with Crippen LogP contribution in [0.15, 0.2) is 70.7 Å². The van der Waals surface area contributed by atoms with E-state index in [0.717, 1.165) is 0 Å². The second-order valence-corrected chi connectivity index (χ2v) is 6.09. The third kappa shape index (κ3) is 4.91. The zero-order chi connectivity index (χ0) is 21.5. The first-order valence-corrected chi connectivity index (χ1v) is 9.01.